The van der Waals surface area contributed by atoms with Gasteiger partial charge in [-0.1, -0.05) is 49.4 Å². The number of ether oxygens (including phenoxy) is 1. The van der Waals surface area contributed by atoms with Crippen LogP contribution in [-0.4, -0.2) is 24.8 Å². The number of nitrogens with one attached hydrogen (secondary N) is 1. The van der Waals surface area contributed by atoms with Crippen molar-refractivity contribution in [3.8, 4) is 5.75 Å². The van der Waals surface area contributed by atoms with E-state index in [1.165, 1.54) is 0 Å². The Bertz CT molecular complexity index is 1180. The Labute approximate surface area is 186 Å². The first-order chi connectivity index (χ1) is 15.6. The summed E-state index contributed by atoms with van der Waals surface area (Å²) in [6.07, 6.45) is 2.16. The number of carbonyl (C=O) groups excluding carboxylic acids is 2. The van der Waals surface area contributed by atoms with Gasteiger partial charge in [-0.2, -0.15) is 0 Å². The van der Waals surface area contributed by atoms with Crippen LogP contribution in [0.3, 0.4) is 0 Å². The molecule has 4 rings (SSSR count). The van der Waals surface area contributed by atoms with E-state index in [0.717, 1.165) is 16.9 Å². The molecule has 0 radical (unpaired) electrons. The summed E-state index contributed by atoms with van der Waals surface area (Å²) in [5.41, 5.74) is 3.38. The fourth-order valence-corrected chi connectivity index (χ4v) is 3.34. The van der Waals surface area contributed by atoms with Crippen LogP contribution < -0.4 is 15.0 Å². The number of nitrogens with zero attached hydrogens (tertiary/aromatic N) is 2. The molecule has 0 atom stereocenters. The molecule has 1 aliphatic rings. The van der Waals surface area contributed by atoms with Gasteiger partial charge in [0.25, 0.3) is 5.91 Å². The summed E-state index contributed by atoms with van der Waals surface area (Å²) < 4.78 is 5.20. The highest BCUT2D eigenvalue weighted by Gasteiger charge is 2.32. The zero-order valence-corrected chi connectivity index (χ0v) is 17.9. The van der Waals surface area contributed by atoms with Gasteiger partial charge in [-0.3, -0.25) is 14.5 Å². The van der Waals surface area contributed by atoms with Gasteiger partial charge in [-0.25, -0.2) is 4.99 Å². The van der Waals surface area contributed by atoms with E-state index >= 15 is 0 Å². The van der Waals surface area contributed by atoms with Gasteiger partial charge in [0.05, 0.1) is 12.8 Å². The van der Waals surface area contributed by atoms with Crippen molar-refractivity contribution in [2.24, 2.45) is 4.99 Å². The lowest BCUT2D eigenvalue weighted by Crippen LogP contribution is -2.32. The normalized spacial score (nSPS) is 14.4. The molecule has 6 nitrogen and oxygen atoms in total. The zero-order chi connectivity index (χ0) is 22.5. The highest BCUT2D eigenvalue weighted by molar-refractivity contribution is 6.33. The van der Waals surface area contributed by atoms with Gasteiger partial charge in [-0.15, -0.1) is 0 Å². The van der Waals surface area contributed by atoms with Gasteiger partial charge in [0.15, 0.2) is 0 Å². The van der Waals surface area contributed by atoms with Crippen LogP contribution in [0.4, 0.5) is 11.4 Å². The third-order valence-electron chi connectivity index (χ3n) is 5.04. The van der Waals surface area contributed by atoms with Crippen molar-refractivity contribution in [3.05, 3.63) is 95.7 Å². The average Bonchev–Trinajstić information content (AvgIpc) is 3.16. The van der Waals surface area contributed by atoms with E-state index < -0.39 is 0 Å². The molecule has 1 aliphatic heterocycles. The molecular formula is C26H23N3O3. The van der Waals surface area contributed by atoms with Crippen LogP contribution in [0.25, 0.3) is 6.08 Å². The zero-order valence-electron chi connectivity index (χ0n) is 17.9. The van der Waals surface area contributed by atoms with Crippen molar-refractivity contribution in [3.63, 3.8) is 0 Å². The van der Waals surface area contributed by atoms with Crippen molar-refractivity contribution in [2.45, 2.75) is 13.3 Å². The van der Waals surface area contributed by atoms with Gasteiger partial charge in [0, 0.05) is 17.7 Å². The number of hydrogen-bond donors (Lipinski definition) is 1. The van der Waals surface area contributed by atoms with E-state index in [1.54, 1.807) is 49.3 Å². The topological polar surface area (TPSA) is 71.0 Å². The number of methoxy groups -OCH3 is 1. The molecule has 2 amide bonds. The first-order valence-electron chi connectivity index (χ1n) is 10.3. The summed E-state index contributed by atoms with van der Waals surface area (Å²) in [5.74, 6) is 1.02. The van der Waals surface area contributed by atoms with Crippen LogP contribution in [-0.2, 0) is 9.59 Å². The summed E-state index contributed by atoms with van der Waals surface area (Å²) in [6.45, 7) is 1.80. The largest absolute Gasteiger partial charge is 0.497 e. The van der Waals surface area contributed by atoms with Gasteiger partial charge < -0.3 is 10.1 Å². The Balaban J connectivity index is 1.70. The molecule has 0 unspecified atom stereocenters. The first kappa shape index (κ1) is 21.1. The van der Waals surface area contributed by atoms with Crippen molar-refractivity contribution >= 4 is 35.1 Å². The monoisotopic (exact) mass is 425 g/mol. The lowest BCUT2D eigenvalue weighted by atomic mass is 10.1. The Morgan fingerprint density at radius 3 is 2.31 bits per heavy atom. The molecule has 160 valence electrons. The fourth-order valence-electron chi connectivity index (χ4n) is 3.34. The molecule has 0 fully saturated rings. The smallest absolute Gasteiger partial charge is 0.282 e. The minimum absolute atomic E-state index is 0.0637. The van der Waals surface area contributed by atoms with E-state index in [4.69, 9.17) is 4.74 Å². The predicted octanol–water partition coefficient (Wildman–Crippen LogP) is 4.88. The summed E-state index contributed by atoms with van der Waals surface area (Å²) in [7, 11) is 1.61. The second-order valence-electron chi connectivity index (χ2n) is 7.19. The molecule has 1 N–H and O–H groups in total. The molecule has 32 heavy (non-hydrogen) atoms. The lowest BCUT2D eigenvalue weighted by molar-refractivity contribution is -0.116. The molecule has 0 aromatic heterocycles. The van der Waals surface area contributed by atoms with Crippen molar-refractivity contribution in [2.75, 3.05) is 17.3 Å². The van der Waals surface area contributed by atoms with E-state index in [2.05, 4.69) is 10.3 Å². The minimum atomic E-state index is -0.218. The first-order valence-corrected chi connectivity index (χ1v) is 10.3. The van der Waals surface area contributed by atoms with E-state index in [0.29, 0.717) is 29.3 Å². The molecule has 1 heterocycles. The summed E-state index contributed by atoms with van der Waals surface area (Å²) in [6, 6.07) is 24.2. The number of benzene rings is 3. The number of rotatable bonds is 6. The fraction of sp³-hybridized carbons (Fsp3) is 0.115. The van der Waals surface area contributed by atoms with Crippen molar-refractivity contribution < 1.29 is 14.3 Å². The van der Waals surface area contributed by atoms with Crippen molar-refractivity contribution in [1.29, 1.82) is 0 Å². The van der Waals surface area contributed by atoms with E-state index in [-0.39, 0.29) is 11.8 Å². The maximum absolute atomic E-state index is 13.4. The Hall–Kier alpha value is -4.19. The summed E-state index contributed by atoms with van der Waals surface area (Å²) >= 11 is 0. The van der Waals surface area contributed by atoms with Gasteiger partial charge in [0.2, 0.25) is 5.91 Å². The third-order valence-corrected chi connectivity index (χ3v) is 5.04. The number of hydrogen-bond acceptors (Lipinski definition) is 4. The third kappa shape index (κ3) is 4.44. The molecule has 0 saturated carbocycles. The Kier molecular flexibility index (Phi) is 6.12. The number of anilines is 2. The second-order valence-corrected chi connectivity index (χ2v) is 7.19. The number of amidine groups is 1. The van der Waals surface area contributed by atoms with Crippen LogP contribution in [0.2, 0.25) is 0 Å². The quantitative estimate of drug-likeness (QED) is 0.572. The molecule has 0 saturated heterocycles. The average molecular weight is 425 g/mol. The number of amides is 2. The maximum atomic E-state index is 13.4. The molecule has 3 aromatic carbocycles. The Morgan fingerprint density at radius 1 is 1.00 bits per heavy atom. The predicted molar refractivity (Wildman–Crippen MR) is 127 cm³/mol. The highest BCUT2D eigenvalue weighted by atomic mass is 16.5. The SMILES string of the molecule is CCC(=O)Nc1ccc(N2C(=O)/C(=C/c3ccc(OC)cc3)N=C2c2ccccc2)cc1. The summed E-state index contributed by atoms with van der Waals surface area (Å²) in [4.78, 5) is 31.3. The Morgan fingerprint density at radius 2 is 1.69 bits per heavy atom. The molecule has 0 bridgehead atoms. The van der Waals surface area contributed by atoms with Crippen molar-refractivity contribution in [1.82, 2.24) is 0 Å². The van der Waals surface area contributed by atoms with E-state index in [1.807, 2.05) is 54.6 Å². The number of aliphatic imine (C=N–C) groups is 1. The maximum Gasteiger partial charge on any atom is 0.282 e. The molecular weight excluding hydrogens is 402 g/mol. The van der Waals surface area contributed by atoms with Crippen LogP contribution in [0, 0.1) is 0 Å². The highest BCUT2D eigenvalue weighted by Crippen LogP contribution is 2.29. The van der Waals surface area contributed by atoms with Crippen LogP contribution >= 0.6 is 0 Å². The molecule has 3 aromatic rings. The molecule has 6 heteroatoms. The summed E-state index contributed by atoms with van der Waals surface area (Å²) in [5, 5.41) is 2.82. The van der Waals surface area contributed by atoms with Gasteiger partial charge >= 0.3 is 0 Å². The van der Waals surface area contributed by atoms with E-state index in [9.17, 15) is 9.59 Å². The van der Waals surface area contributed by atoms with Crippen LogP contribution in [0.1, 0.15) is 24.5 Å². The van der Waals surface area contributed by atoms with Gasteiger partial charge in [-0.05, 0) is 48.0 Å². The minimum Gasteiger partial charge on any atom is -0.497 e. The standard InChI is InChI=1S/C26H23N3O3/c1-3-24(30)27-20-11-13-21(14-12-20)29-25(19-7-5-4-6-8-19)28-23(26(29)31)17-18-9-15-22(32-2)16-10-18/h4-17H,3H2,1-2H3,(H,27,30)/b23-17-. The number of carbonyl (C=O) groups is 2. The molecule has 0 aliphatic carbocycles. The van der Waals surface area contributed by atoms with Gasteiger partial charge in [0.1, 0.15) is 17.3 Å². The van der Waals surface area contributed by atoms with Crippen LogP contribution in [0.5, 0.6) is 5.75 Å². The van der Waals surface area contributed by atoms with Crippen LogP contribution in [0.15, 0.2) is 89.6 Å². The lowest BCUT2D eigenvalue weighted by Gasteiger charge is -2.19. The second kappa shape index (κ2) is 9.31. The molecule has 0 spiro atoms.